The predicted octanol–water partition coefficient (Wildman–Crippen LogP) is 2.90. The summed E-state index contributed by atoms with van der Waals surface area (Å²) in [5, 5.41) is 1.83. The molecule has 106 valence electrons. The van der Waals surface area contributed by atoms with Crippen LogP contribution in [0.2, 0.25) is 0 Å². The zero-order valence-corrected chi connectivity index (χ0v) is 12.4. The number of thiophene rings is 1. The molecular formula is C16H14N2O2S. The first-order valence-corrected chi connectivity index (χ1v) is 7.62. The van der Waals surface area contributed by atoms with Crippen LogP contribution in [-0.2, 0) is 13.0 Å². The van der Waals surface area contributed by atoms with E-state index in [0.717, 1.165) is 6.42 Å². The highest BCUT2D eigenvalue weighted by atomic mass is 32.1. The molecule has 0 saturated carbocycles. The molecule has 0 aliphatic carbocycles. The standard InChI is InChI=1S/C16H14N2O2S/c1-2-11-3-5-12(6-4-11)14(19)9-18-10-17-13-7-8-21-15(13)16(18)20/h3-8,10H,2,9H2,1H3. The molecule has 4 nitrogen and oxygen atoms in total. The SMILES string of the molecule is CCc1ccc(C(=O)Cn2cnc3ccsc3c2=O)cc1. The van der Waals surface area contributed by atoms with Crippen LogP contribution in [0.3, 0.4) is 0 Å². The van der Waals surface area contributed by atoms with Crippen molar-refractivity contribution in [2.45, 2.75) is 19.9 Å². The molecule has 0 aliphatic rings. The Morgan fingerprint density at radius 1 is 1.24 bits per heavy atom. The summed E-state index contributed by atoms with van der Waals surface area (Å²) < 4.78 is 1.96. The summed E-state index contributed by atoms with van der Waals surface area (Å²) in [7, 11) is 0. The van der Waals surface area contributed by atoms with Gasteiger partial charge < -0.3 is 0 Å². The Bertz CT molecular complexity index is 847. The van der Waals surface area contributed by atoms with Crippen LogP contribution in [-0.4, -0.2) is 15.3 Å². The van der Waals surface area contributed by atoms with Gasteiger partial charge in [-0.1, -0.05) is 31.2 Å². The summed E-state index contributed by atoms with van der Waals surface area (Å²) in [5.74, 6) is -0.0857. The molecule has 2 heterocycles. The molecule has 0 radical (unpaired) electrons. The minimum Gasteiger partial charge on any atom is -0.292 e. The number of rotatable bonds is 4. The number of aryl methyl sites for hydroxylation is 1. The maximum atomic E-state index is 12.3. The molecule has 0 aliphatic heterocycles. The smallest absolute Gasteiger partial charge is 0.271 e. The molecule has 1 aromatic carbocycles. The molecule has 0 spiro atoms. The van der Waals surface area contributed by atoms with Crippen molar-refractivity contribution < 1.29 is 4.79 Å². The Kier molecular flexibility index (Phi) is 3.66. The normalized spacial score (nSPS) is 10.9. The average molecular weight is 298 g/mol. The van der Waals surface area contributed by atoms with Crippen LogP contribution >= 0.6 is 11.3 Å². The zero-order valence-electron chi connectivity index (χ0n) is 11.6. The van der Waals surface area contributed by atoms with Crippen LogP contribution in [0.25, 0.3) is 10.2 Å². The maximum Gasteiger partial charge on any atom is 0.271 e. The van der Waals surface area contributed by atoms with Crippen molar-refractivity contribution >= 4 is 27.3 Å². The molecule has 0 unspecified atom stereocenters. The minimum atomic E-state index is -0.159. The van der Waals surface area contributed by atoms with Gasteiger partial charge in [-0.25, -0.2) is 4.98 Å². The fraction of sp³-hybridized carbons (Fsp3) is 0.188. The topological polar surface area (TPSA) is 52.0 Å². The van der Waals surface area contributed by atoms with Gasteiger partial charge in [-0.3, -0.25) is 14.2 Å². The zero-order chi connectivity index (χ0) is 14.8. The third-order valence-electron chi connectivity index (χ3n) is 3.43. The van der Waals surface area contributed by atoms with Crippen molar-refractivity contribution in [2.75, 3.05) is 0 Å². The van der Waals surface area contributed by atoms with Gasteiger partial charge in [-0.15, -0.1) is 11.3 Å². The second kappa shape index (κ2) is 5.61. The summed E-state index contributed by atoms with van der Waals surface area (Å²) >= 11 is 1.35. The van der Waals surface area contributed by atoms with Gasteiger partial charge in [0.05, 0.1) is 18.4 Å². The van der Waals surface area contributed by atoms with Crippen LogP contribution in [0, 0.1) is 0 Å². The molecule has 5 heteroatoms. The van der Waals surface area contributed by atoms with Crippen LogP contribution in [0.4, 0.5) is 0 Å². The average Bonchev–Trinajstić information content (AvgIpc) is 2.99. The molecular weight excluding hydrogens is 284 g/mol. The lowest BCUT2D eigenvalue weighted by atomic mass is 10.1. The Balaban J connectivity index is 1.88. The molecule has 2 aromatic heterocycles. The number of carbonyl (C=O) groups is 1. The van der Waals surface area contributed by atoms with Crippen molar-refractivity contribution in [1.29, 1.82) is 0 Å². The van der Waals surface area contributed by atoms with Crippen LogP contribution in [0.1, 0.15) is 22.8 Å². The highest BCUT2D eigenvalue weighted by Crippen LogP contribution is 2.13. The number of hydrogen-bond donors (Lipinski definition) is 0. The Morgan fingerprint density at radius 3 is 2.71 bits per heavy atom. The predicted molar refractivity (Wildman–Crippen MR) is 84.0 cm³/mol. The number of hydrogen-bond acceptors (Lipinski definition) is 4. The first-order valence-electron chi connectivity index (χ1n) is 6.74. The van der Waals surface area contributed by atoms with Crippen molar-refractivity contribution in [3.05, 3.63) is 63.5 Å². The molecule has 0 atom stereocenters. The second-order valence-electron chi connectivity index (χ2n) is 4.79. The van der Waals surface area contributed by atoms with E-state index in [2.05, 4.69) is 11.9 Å². The third kappa shape index (κ3) is 2.64. The molecule has 0 fully saturated rings. The molecule has 3 aromatic rings. The van der Waals surface area contributed by atoms with E-state index in [1.165, 1.54) is 27.8 Å². The second-order valence-corrected chi connectivity index (χ2v) is 5.70. The lowest BCUT2D eigenvalue weighted by molar-refractivity contribution is 0.0970. The maximum absolute atomic E-state index is 12.3. The van der Waals surface area contributed by atoms with Gasteiger partial charge in [-0.2, -0.15) is 0 Å². The van der Waals surface area contributed by atoms with Gasteiger partial charge in [-0.05, 0) is 23.4 Å². The van der Waals surface area contributed by atoms with Gasteiger partial charge in [0.15, 0.2) is 5.78 Å². The van der Waals surface area contributed by atoms with E-state index in [1.54, 1.807) is 6.07 Å². The van der Waals surface area contributed by atoms with E-state index in [9.17, 15) is 9.59 Å². The van der Waals surface area contributed by atoms with E-state index >= 15 is 0 Å². The highest BCUT2D eigenvalue weighted by Gasteiger charge is 2.10. The summed E-state index contributed by atoms with van der Waals surface area (Å²) in [6.07, 6.45) is 2.38. The highest BCUT2D eigenvalue weighted by molar-refractivity contribution is 7.17. The number of nitrogens with zero attached hydrogens (tertiary/aromatic N) is 2. The first kappa shape index (κ1) is 13.7. The number of Topliss-reactive ketones (excluding diaryl/α,β-unsaturated/α-hetero) is 1. The number of fused-ring (bicyclic) bond motifs is 1. The van der Waals surface area contributed by atoms with Crippen molar-refractivity contribution in [2.24, 2.45) is 0 Å². The number of ketones is 1. The first-order chi connectivity index (χ1) is 10.2. The van der Waals surface area contributed by atoms with Crippen molar-refractivity contribution in [3.63, 3.8) is 0 Å². The van der Waals surface area contributed by atoms with E-state index in [1.807, 2.05) is 29.6 Å². The van der Waals surface area contributed by atoms with E-state index in [0.29, 0.717) is 15.8 Å². The monoisotopic (exact) mass is 298 g/mol. The van der Waals surface area contributed by atoms with E-state index in [4.69, 9.17) is 0 Å². The molecule has 3 rings (SSSR count). The van der Waals surface area contributed by atoms with E-state index < -0.39 is 0 Å². The van der Waals surface area contributed by atoms with E-state index in [-0.39, 0.29) is 17.9 Å². The largest absolute Gasteiger partial charge is 0.292 e. The number of carbonyl (C=O) groups excluding carboxylic acids is 1. The fourth-order valence-corrected chi connectivity index (χ4v) is 2.96. The summed E-state index contributed by atoms with van der Waals surface area (Å²) in [6, 6.07) is 9.30. The van der Waals surface area contributed by atoms with Crippen molar-refractivity contribution in [1.82, 2.24) is 9.55 Å². The lowest BCUT2D eigenvalue weighted by Gasteiger charge is -2.05. The fourth-order valence-electron chi connectivity index (χ4n) is 2.16. The summed E-state index contributed by atoms with van der Waals surface area (Å²) in [4.78, 5) is 28.7. The molecule has 0 bridgehead atoms. The van der Waals surface area contributed by atoms with Crippen LogP contribution < -0.4 is 5.56 Å². The Hall–Kier alpha value is -2.27. The van der Waals surface area contributed by atoms with Crippen molar-refractivity contribution in [3.8, 4) is 0 Å². The molecule has 0 saturated heterocycles. The number of benzene rings is 1. The molecule has 21 heavy (non-hydrogen) atoms. The van der Waals surface area contributed by atoms with Crippen LogP contribution in [0.15, 0.2) is 46.8 Å². The van der Waals surface area contributed by atoms with Gasteiger partial charge in [0.1, 0.15) is 4.70 Å². The summed E-state index contributed by atoms with van der Waals surface area (Å²) in [5.41, 5.74) is 2.32. The lowest BCUT2D eigenvalue weighted by Crippen LogP contribution is -2.24. The Labute approximate surface area is 125 Å². The van der Waals surface area contributed by atoms with Gasteiger partial charge in [0.2, 0.25) is 0 Å². The molecule has 0 amide bonds. The molecule has 0 N–H and O–H groups in total. The number of aromatic nitrogens is 2. The minimum absolute atomic E-state index is 0.0190. The van der Waals surface area contributed by atoms with Gasteiger partial charge in [0.25, 0.3) is 5.56 Å². The van der Waals surface area contributed by atoms with Gasteiger partial charge >= 0.3 is 0 Å². The third-order valence-corrected chi connectivity index (χ3v) is 4.33. The summed E-state index contributed by atoms with van der Waals surface area (Å²) in [6.45, 7) is 2.09. The quantitative estimate of drug-likeness (QED) is 0.696. The Morgan fingerprint density at radius 2 is 2.00 bits per heavy atom. The van der Waals surface area contributed by atoms with Crippen LogP contribution in [0.5, 0.6) is 0 Å². The van der Waals surface area contributed by atoms with Gasteiger partial charge in [0, 0.05) is 5.56 Å².